The number of benzene rings is 2. The van der Waals surface area contributed by atoms with Crippen molar-refractivity contribution in [1.29, 1.82) is 0 Å². The standard InChI is InChI=1S/C30H33ClN4O/c1-22-20-27(14-17-32-22)33-26-9-4-24(5-10-26)21-35(29-15-18-34(19-16-29)28-11-12-28)30(36)13-6-23-2-7-25(31)8-3-23/h2-10,13-14,17,20,28-29H,11-12,15-16,18-19,21H2,1H3,(H,32,33)/b13-6+. The largest absolute Gasteiger partial charge is 0.355 e. The average Bonchev–Trinajstić information content (AvgIpc) is 3.74. The Kier molecular flexibility index (Phi) is 7.69. The highest BCUT2D eigenvalue weighted by atomic mass is 35.5. The van der Waals surface area contributed by atoms with Crippen molar-refractivity contribution in [3.05, 3.63) is 94.8 Å². The zero-order chi connectivity index (χ0) is 24.9. The molecule has 1 N–H and O–H groups in total. The van der Waals surface area contributed by atoms with Crippen LogP contribution in [0.5, 0.6) is 0 Å². The van der Waals surface area contributed by atoms with Crippen LogP contribution in [0.25, 0.3) is 6.08 Å². The number of piperidine rings is 1. The summed E-state index contributed by atoms with van der Waals surface area (Å²) in [5, 5.41) is 4.12. The molecule has 1 amide bonds. The Morgan fingerprint density at radius 2 is 1.75 bits per heavy atom. The Morgan fingerprint density at radius 3 is 2.42 bits per heavy atom. The summed E-state index contributed by atoms with van der Waals surface area (Å²) in [6, 6.07) is 20.9. The van der Waals surface area contributed by atoms with E-state index in [2.05, 4.69) is 44.4 Å². The molecule has 0 radical (unpaired) electrons. The summed E-state index contributed by atoms with van der Waals surface area (Å²) < 4.78 is 0. The quantitative estimate of drug-likeness (QED) is 0.361. The van der Waals surface area contributed by atoms with Gasteiger partial charge in [0.15, 0.2) is 0 Å². The van der Waals surface area contributed by atoms with Gasteiger partial charge in [0.1, 0.15) is 0 Å². The second kappa shape index (κ2) is 11.3. The second-order valence-corrected chi connectivity index (χ2v) is 10.3. The van der Waals surface area contributed by atoms with E-state index in [4.69, 9.17) is 11.6 Å². The van der Waals surface area contributed by atoms with E-state index >= 15 is 0 Å². The van der Waals surface area contributed by atoms with Crippen LogP contribution in [0, 0.1) is 6.92 Å². The lowest BCUT2D eigenvalue weighted by Gasteiger charge is -2.38. The molecule has 1 aromatic heterocycles. The minimum atomic E-state index is 0.0595. The lowest BCUT2D eigenvalue weighted by Crippen LogP contribution is -2.47. The number of aromatic nitrogens is 1. The van der Waals surface area contributed by atoms with Gasteiger partial charge in [-0.05, 0) is 86.2 Å². The predicted octanol–water partition coefficient (Wildman–Crippen LogP) is 6.46. The van der Waals surface area contributed by atoms with E-state index in [1.807, 2.05) is 55.6 Å². The number of anilines is 2. The first-order valence-corrected chi connectivity index (χ1v) is 13.2. The maximum absolute atomic E-state index is 13.4. The molecule has 36 heavy (non-hydrogen) atoms. The molecule has 2 heterocycles. The van der Waals surface area contributed by atoms with Crippen molar-refractivity contribution < 1.29 is 4.79 Å². The molecule has 1 saturated carbocycles. The van der Waals surface area contributed by atoms with Crippen molar-refractivity contribution in [2.75, 3.05) is 18.4 Å². The monoisotopic (exact) mass is 500 g/mol. The number of aryl methyl sites for hydroxylation is 1. The third-order valence-electron chi connectivity index (χ3n) is 7.07. The van der Waals surface area contributed by atoms with Gasteiger partial charge in [0, 0.05) is 66.1 Å². The summed E-state index contributed by atoms with van der Waals surface area (Å²) in [5.41, 5.74) is 5.11. The number of likely N-dealkylation sites (tertiary alicyclic amines) is 1. The fraction of sp³-hybridized carbons (Fsp3) is 0.333. The third-order valence-corrected chi connectivity index (χ3v) is 7.32. The van der Waals surface area contributed by atoms with Crippen molar-refractivity contribution in [2.24, 2.45) is 0 Å². The first kappa shape index (κ1) is 24.5. The van der Waals surface area contributed by atoms with Gasteiger partial charge in [-0.2, -0.15) is 0 Å². The number of nitrogens with zero attached hydrogens (tertiary/aromatic N) is 3. The molecule has 2 aliphatic rings. The van der Waals surface area contributed by atoms with Crippen LogP contribution in [0.1, 0.15) is 42.5 Å². The van der Waals surface area contributed by atoms with Crippen LogP contribution in [0.2, 0.25) is 5.02 Å². The van der Waals surface area contributed by atoms with Crippen LogP contribution >= 0.6 is 11.6 Å². The Morgan fingerprint density at radius 1 is 1.03 bits per heavy atom. The number of hydrogen-bond donors (Lipinski definition) is 1. The molecule has 5 rings (SSSR count). The average molecular weight is 501 g/mol. The van der Waals surface area contributed by atoms with Gasteiger partial charge in [0.2, 0.25) is 5.91 Å². The molecule has 0 spiro atoms. The number of carbonyl (C=O) groups is 1. The number of nitrogens with one attached hydrogen (secondary N) is 1. The highest BCUT2D eigenvalue weighted by Crippen LogP contribution is 2.31. The molecule has 0 atom stereocenters. The first-order chi connectivity index (χ1) is 17.5. The molecule has 1 aliphatic carbocycles. The second-order valence-electron chi connectivity index (χ2n) is 9.86. The molecule has 5 nitrogen and oxygen atoms in total. The van der Waals surface area contributed by atoms with Crippen LogP contribution in [0.3, 0.4) is 0 Å². The number of hydrogen-bond acceptors (Lipinski definition) is 4. The summed E-state index contributed by atoms with van der Waals surface area (Å²) in [6.07, 6.45) is 10.1. The van der Waals surface area contributed by atoms with Crippen LogP contribution in [-0.4, -0.2) is 45.9 Å². The van der Waals surface area contributed by atoms with Gasteiger partial charge in [-0.1, -0.05) is 35.9 Å². The number of carbonyl (C=O) groups excluding carboxylic acids is 1. The minimum absolute atomic E-state index is 0.0595. The van der Waals surface area contributed by atoms with Crippen molar-refractivity contribution >= 4 is 35.0 Å². The number of pyridine rings is 1. The summed E-state index contributed by atoms with van der Waals surface area (Å²) >= 11 is 6.01. The van der Waals surface area contributed by atoms with Gasteiger partial charge >= 0.3 is 0 Å². The zero-order valence-corrected chi connectivity index (χ0v) is 21.5. The molecule has 6 heteroatoms. The van der Waals surface area contributed by atoms with Gasteiger partial charge in [0.05, 0.1) is 0 Å². The first-order valence-electron chi connectivity index (χ1n) is 12.8. The lowest BCUT2D eigenvalue weighted by atomic mass is 10.0. The van der Waals surface area contributed by atoms with Gasteiger partial charge in [-0.15, -0.1) is 0 Å². The molecule has 1 saturated heterocycles. The van der Waals surface area contributed by atoms with Crippen molar-refractivity contribution in [3.8, 4) is 0 Å². The highest BCUT2D eigenvalue weighted by molar-refractivity contribution is 6.30. The number of halogens is 1. The summed E-state index contributed by atoms with van der Waals surface area (Å²) in [4.78, 5) is 22.4. The maximum atomic E-state index is 13.4. The van der Waals surface area contributed by atoms with E-state index in [9.17, 15) is 4.79 Å². The Labute approximate surface area is 218 Å². The predicted molar refractivity (Wildman–Crippen MR) is 147 cm³/mol. The van der Waals surface area contributed by atoms with Crippen LogP contribution < -0.4 is 5.32 Å². The molecule has 2 aromatic carbocycles. The summed E-state index contributed by atoms with van der Waals surface area (Å²) in [7, 11) is 0. The molecule has 3 aromatic rings. The van der Waals surface area contributed by atoms with Crippen molar-refractivity contribution in [1.82, 2.24) is 14.8 Å². The van der Waals surface area contributed by atoms with Gasteiger partial charge in [0.25, 0.3) is 0 Å². The minimum Gasteiger partial charge on any atom is -0.355 e. The van der Waals surface area contributed by atoms with Crippen LogP contribution in [-0.2, 0) is 11.3 Å². The highest BCUT2D eigenvalue weighted by Gasteiger charge is 2.34. The smallest absolute Gasteiger partial charge is 0.247 e. The van der Waals surface area contributed by atoms with E-state index in [0.717, 1.165) is 60.2 Å². The Balaban J connectivity index is 1.28. The summed E-state index contributed by atoms with van der Waals surface area (Å²) in [5.74, 6) is 0.0595. The maximum Gasteiger partial charge on any atom is 0.247 e. The molecular formula is C30H33ClN4O. The molecule has 1 aliphatic heterocycles. The van der Waals surface area contributed by atoms with Gasteiger partial charge in [-0.25, -0.2) is 0 Å². The number of amides is 1. The third kappa shape index (κ3) is 6.54. The van der Waals surface area contributed by atoms with Crippen molar-refractivity contribution in [3.63, 3.8) is 0 Å². The normalized spacial score (nSPS) is 16.8. The zero-order valence-electron chi connectivity index (χ0n) is 20.7. The van der Waals surface area contributed by atoms with E-state index in [1.165, 1.54) is 12.8 Å². The lowest BCUT2D eigenvalue weighted by molar-refractivity contribution is -0.130. The molecular weight excluding hydrogens is 468 g/mol. The molecule has 2 fully saturated rings. The molecule has 0 unspecified atom stereocenters. The van der Waals surface area contributed by atoms with Crippen LogP contribution in [0.15, 0.2) is 72.9 Å². The number of rotatable bonds is 8. The van der Waals surface area contributed by atoms with E-state index in [-0.39, 0.29) is 11.9 Å². The SMILES string of the molecule is Cc1cc(Nc2ccc(CN(C(=O)/C=C/c3ccc(Cl)cc3)C3CCN(C4CC4)CC3)cc2)ccn1. The van der Waals surface area contributed by atoms with Gasteiger partial charge < -0.3 is 15.1 Å². The molecule has 186 valence electrons. The van der Waals surface area contributed by atoms with Crippen LogP contribution in [0.4, 0.5) is 11.4 Å². The topological polar surface area (TPSA) is 48.5 Å². The molecule has 0 bridgehead atoms. The van der Waals surface area contributed by atoms with E-state index in [1.54, 1.807) is 6.08 Å². The van der Waals surface area contributed by atoms with E-state index < -0.39 is 0 Å². The van der Waals surface area contributed by atoms with Crippen molar-refractivity contribution in [2.45, 2.75) is 51.2 Å². The van der Waals surface area contributed by atoms with E-state index in [0.29, 0.717) is 11.6 Å². The Bertz CT molecular complexity index is 1200. The summed E-state index contributed by atoms with van der Waals surface area (Å²) in [6.45, 7) is 4.74. The fourth-order valence-corrected chi connectivity index (χ4v) is 5.03. The fourth-order valence-electron chi connectivity index (χ4n) is 4.91. The van der Waals surface area contributed by atoms with Gasteiger partial charge in [-0.3, -0.25) is 9.78 Å². The Hall–Kier alpha value is -3.15.